The summed E-state index contributed by atoms with van der Waals surface area (Å²) < 4.78 is 38.6. The lowest BCUT2D eigenvalue weighted by Crippen LogP contribution is -2.15. The van der Waals surface area contributed by atoms with E-state index in [9.17, 15) is 28.1 Å². The standard InChI is InChI=1S/C17H10ClF3N4O3/c18-13-6-5-11(7-12(13)17(19,20)21)24-16(26)10(8-22)9-23-14-3-1-2-4-15(14)25(27)28/h1-7,9,23H,(H,24,26)/b10-9-. The van der Waals surface area contributed by atoms with Crippen molar-refractivity contribution in [2.75, 3.05) is 10.6 Å². The topological polar surface area (TPSA) is 108 Å². The molecule has 0 atom stereocenters. The molecule has 28 heavy (non-hydrogen) atoms. The molecule has 0 unspecified atom stereocenters. The predicted molar refractivity (Wildman–Crippen MR) is 95.5 cm³/mol. The van der Waals surface area contributed by atoms with Gasteiger partial charge in [0.25, 0.3) is 11.6 Å². The lowest BCUT2D eigenvalue weighted by Gasteiger charge is -2.11. The van der Waals surface area contributed by atoms with E-state index in [4.69, 9.17) is 16.9 Å². The van der Waals surface area contributed by atoms with Gasteiger partial charge in [0.2, 0.25) is 0 Å². The normalized spacial score (nSPS) is 11.5. The summed E-state index contributed by atoms with van der Waals surface area (Å²) >= 11 is 5.50. The average molecular weight is 411 g/mol. The molecule has 1 amide bonds. The monoisotopic (exact) mass is 410 g/mol. The molecule has 7 nitrogen and oxygen atoms in total. The van der Waals surface area contributed by atoms with Crippen LogP contribution in [0, 0.1) is 21.4 Å². The fourth-order valence-corrected chi connectivity index (χ4v) is 2.30. The summed E-state index contributed by atoms with van der Waals surface area (Å²) in [6.07, 6.45) is -3.81. The Balaban J connectivity index is 2.22. The van der Waals surface area contributed by atoms with Crippen molar-refractivity contribution < 1.29 is 22.9 Å². The zero-order valence-corrected chi connectivity index (χ0v) is 14.5. The van der Waals surface area contributed by atoms with Crippen LogP contribution < -0.4 is 10.6 Å². The second-order valence-electron chi connectivity index (χ2n) is 5.23. The van der Waals surface area contributed by atoms with Crippen LogP contribution in [0.25, 0.3) is 0 Å². The number of rotatable bonds is 5. The number of nitro benzene ring substituents is 1. The van der Waals surface area contributed by atoms with E-state index in [-0.39, 0.29) is 17.1 Å². The first-order valence-corrected chi connectivity index (χ1v) is 7.79. The molecule has 2 aromatic rings. The Bertz CT molecular complexity index is 1000. The van der Waals surface area contributed by atoms with Crippen molar-refractivity contribution in [3.63, 3.8) is 0 Å². The zero-order chi connectivity index (χ0) is 20.9. The third kappa shape index (κ3) is 4.99. The molecular formula is C17H10ClF3N4O3. The molecular weight excluding hydrogens is 401 g/mol. The van der Waals surface area contributed by atoms with Crippen LogP contribution in [0.1, 0.15) is 5.56 Å². The lowest BCUT2D eigenvalue weighted by molar-refractivity contribution is -0.383. The van der Waals surface area contributed by atoms with Gasteiger partial charge in [-0.25, -0.2) is 0 Å². The van der Waals surface area contributed by atoms with Crippen molar-refractivity contribution in [3.8, 4) is 6.07 Å². The van der Waals surface area contributed by atoms with Crippen LogP contribution in [0.3, 0.4) is 0 Å². The van der Waals surface area contributed by atoms with Crippen molar-refractivity contribution in [2.45, 2.75) is 6.18 Å². The molecule has 0 aliphatic rings. The highest BCUT2D eigenvalue weighted by atomic mass is 35.5. The molecule has 0 spiro atoms. The number of para-hydroxylation sites is 2. The number of nitrogens with one attached hydrogen (secondary N) is 2. The first-order chi connectivity index (χ1) is 13.1. The number of carbonyl (C=O) groups is 1. The summed E-state index contributed by atoms with van der Waals surface area (Å²) in [5.41, 5.74) is -2.15. The van der Waals surface area contributed by atoms with Gasteiger partial charge >= 0.3 is 6.18 Å². The Morgan fingerprint density at radius 1 is 1.25 bits per heavy atom. The number of anilines is 2. The number of alkyl halides is 3. The molecule has 11 heteroatoms. The summed E-state index contributed by atoms with van der Waals surface area (Å²) in [6.45, 7) is 0. The van der Waals surface area contributed by atoms with Gasteiger partial charge in [-0.15, -0.1) is 0 Å². The molecule has 0 aliphatic heterocycles. The maximum Gasteiger partial charge on any atom is 0.417 e. The molecule has 2 aromatic carbocycles. The molecule has 2 N–H and O–H groups in total. The van der Waals surface area contributed by atoms with Gasteiger partial charge < -0.3 is 10.6 Å². The summed E-state index contributed by atoms with van der Waals surface area (Å²) in [7, 11) is 0. The highest BCUT2D eigenvalue weighted by Crippen LogP contribution is 2.36. The molecule has 2 rings (SSSR count). The molecule has 0 heterocycles. The van der Waals surface area contributed by atoms with Crippen LogP contribution in [0.5, 0.6) is 0 Å². The second kappa shape index (κ2) is 8.41. The molecule has 0 bridgehead atoms. The number of benzene rings is 2. The Labute approximate surface area is 161 Å². The Morgan fingerprint density at radius 3 is 2.54 bits per heavy atom. The number of nitrogens with zero attached hydrogens (tertiary/aromatic N) is 2. The van der Waals surface area contributed by atoms with Gasteiger partial charge in [-0.1, -0.05) is 23.7 Å². The highest BCUT2D eigenvalue weighted by molar-refractivity contribution is 6.31. The molecule has 0 saturated heterocycles. The molecule has 0 saturated carbocycles. The third-order valence-electron chi connectivity index (χ3n) is 3.37. The number of amides is 1. The Kier molecular flexibility index (Phi) is 6.22. The summed E-state index contributed by atoms with van der Waals surface area (Å²) in [4.78, 5) is 22.4. The van der Waals surface area contributed by atoms with E-state index in [2.05, 4.69) is 10.6 Å². The maximum atomic E-state index is 12.9. The van der Waals surface area contributed by atoms with Gasteiger partial charge in [0, 0.05) is 18.0 Å². The number of carbonyl (C=O) groups excluding carboxylic acids is 1. The minimum absolute atomic E-state index is 0.0268. The van der Waals surface area contributed by atoms with E-state index in [0.717, 1.165) is 18.3 Å². The van der Waals surface area contributed by atoms with E-state index in [0.29, 0.717) is 6.07 Å². The van der Waals surface area contributed by atoms with Crippen LogP contribution in [-0.4, -0.2) is 10.8 Å². The highest BCUT2D eigenvalue weighted by Gasteiger charge is 2.33. The first kappa shape index (κ1) is 20.7. The second-order valence-corrected chi connectivity index (χ2v) is 5.64. The van der Waals surface area contributed by atoms with Crippen molar-refractivity contribution in [1.29, 1.82) is 5.26 Å². The molecule has 0 fully saturated rings. The van der Waals surface area contributed by atoms with E-state index in [1.54, 1.807) is 6.07 Å². The van der Waals surface area contributed by atoms with Crippen LogP contribution in [0.2, 0.25) is 5.02 Å². The number of hydrogen-bond acceptors (Lipinski definition) is 5. The van der Waals surface area contributed by atoms with Crippen LogP contribution in [-0.2, 0) is 11.0 Å². The maximum absolute atomic E-state index is 12.9. The summed E-state index contributed by atoms with van der Waals surface area (Å²) in [5, 5.41) is 24.1. The fraction of sp³-hybridized carbons (Fsp3) is 0.0588. The molecule has 0 aromatic heterocycles. The number of nitriles is 1. The van der Waals surface area contributed by atoms with Gasteiger partial charge in [0.1, 0.15) is 17.3 Å². The predicted octanol–water partition coefficient (Wildman–Crippen LogP) is 4.73. The summed E-state index contributed by atoms with van der Waals surface area (Å²) in [5.74, 6) is -1.01. The van der Waals surface area contributed by atoms with Gasteiger partial charge in [-0.2, -0.15) is 18.4 Å². The van der Waals surface area contributed by atoms with Crippen LogP contribution >= 0.6 is 11.6 Å². The number of nitro groups is 1. The van der Waals surface area contributed by atoms with E-state index in [1.807, 2.05) is 0 Å². The van der Waals surface area contributed by atoms with Crippen molar-refractivity contribution in [1.82, 2.24) is 0 Å². The van der Waals surface area contributed by atoms with E-state index in [1.165, 1.54) is 24.3 Å². The first-order valence-electron chi connectivity index (χ1n) is 7.42. The minimum atomic E-state index is -4.72. The van der Waals surface area contributed by atoms with Gasteiger partial charge in [-0.05, 0) is 24.3 Å². The smallest absolute Gasteiger partial charge is 0.355 e. The Morgan fingerprint density at radius 2 is 1.93 bits per heavy atom. The van der Waals surface area contributed by atoms with Crippen molar-refractivity contribution in [2.24, 2.45) is 0 Å². The van der Waals surface area contributed by atoms with Crippen molar-refractivity contribution >= 4 is 34.6 Å². The van der Waals surface area contributed by atoms with Crippen molar-refractivity contribution in [3.05, 3.63) is 74.9 Å². The number of halogens is 4. The largest absolute Gasteiger partial charge is 0.417 e. The van der Waals surface area contributed by atoms with E-state index < -0.39 is 33.2 Å². The minimum Gasteiger partial charge on any atom is -0.355 e. The molecule has 0 aliphatic carbocycles. The quantitative estimate of drug-likeness (QED) is 0.321. The Hall–Kier alpha value is -3.58. The van der Waals surface area contributed by atoms with Gasteiger partial charge in [-0.3, -0.25) is 14.9 Å². The molecule has 144 valence electrons. The summed E-state index contributed by atoms with van der Waals surface area (Å²) in [6, 6.07) is 9.80. The van der Waals surface area contributed by atoms with E-state index >= 15 is 0 Å². The molecule has 0 radical (unpaired) electrons. The lowest BCUT2D eigenvalue weighted by atomic mass is 10.2. The van der Waals surface area contributed by atoms with Gasteiger partial charge in [0.15, 0.2) is 0 Å². The van der Waals surface area contributed by atoms with Gasteiger partial charge in [0.05, 0.1) is 15.5 Å². The average Bonchev–Trinajstić information content (AvgIpc) is 2.63. The fourth-order valence-electron chi connectivity index (χ4n) is 2.07. The SMILES string of the molecule is N#C/C(=C/Nc1ccccc1[N+](=O)[O-])C(=O)Nc1ccc(Cl)c(C(F)(F)F)c1. The van der Waals surface area contributed by atoms with Crippen LogP contribution in [0.4, 0.5) is 30.2 Å². The number of hydrogen-bond donors (Lipinski definition) is 2. The zero-order valence-electron chi connectivity index (χ0n) is 13.7. The van der Waals surface area contributed by atoms with Crippen LogP contribution in [0.15, 0.2) is 54.2 Å². The third-order valence-corrected chi connectivity index (χ3v) is 3.70.